The molecule has 1 amide bonds. The summed E-state index contributed by atoms with van der Waals surface area (Å²) in [6.45, 7) is 2.68. The lowest BCUT2D eigenvalue weighted by Gasteiger charge is -2.07. The Bertz CT molecular complexity index is 840. The fourth-order valence-electron chi connectivity index (χ4n) is 2.35. The summed E-state index contributed by atoms with van der Waals surface area (Å²) in [6, 6.07) is 11.3. The van der Waals surface area contributed by atoms with Crippen molar-refractivity contribution >= 4 is 28.7 Å². The molecule has 0 saturated carbocycles. The van der Waals surface area contributed by atoms with Crippen molar-refractivity contribution in [3.63, 3.8) is 0 Å². The summed E-state index contributed by atoms with van der Waals surface area (Å²) in [5.41, 5.74) is 2.52. The average molecular weight is 309 g/mol. The maximum Gasteiger partial charge on any atom is 0.251 e. The normalized spacial score (nSPS) is 10.7. The Morgan fingerprint density at radius 2 is 2.09 bits per heavy atom. The first-order chi connectivity index (χ1) is 11.2. The first-order valence-electron chi connectivity index (χ1n) is 7.61. The van der Waals surface area contributed by atoms with E-state index in [4.69, 9.17) is 0 Å². The molecule has 2 heterocycles. The van der Waals surface area contributed by atoms with Crippen LogP contribution < -0.4 is 10.6 Å². The highest BCUT2D eigenvalue weighted by atomic mass is 16.1. The minimum atomic E-state index is -0.0951. The monoisotopic (exact) mass is 309 g/mol. The van der Waals surface area contributed by atoms with Crippen LogP contribution in [0, 0.1) is 0 Å². The van der Waals surface area contributed by atoms with Crippen molar-refractivity contribution in [2.24, 2.45) is 7.05 Å². The van der Waals surface area contributed by atoms with Crippen molar-refractivity contribution in [3.05, 3.63) is 48.2 Å². The summed E-state index contributed by atoms with van der Waals surface area (Å²) in [5.74, 6) is 1.18. The molecule has 3 rings (SSSR count). The Labute approximate surface area is 134 Å². The van der Waals surface area contributed by atoms with Gasteiger partial charge in [0, 0.05) is 25.4 Å². The van der Waals surface area contributed by atoms with Gasteiger partial charge in [0.05, 0.1) is 11.0 Å². The standard InChI is InChI=1S/C17H19N5O/c1-3-9-19-16(23)12-8-10-18-15(11-12)21-17-20-13-6-4-5-7-14(13)22(17)2/h4-8,10-11H,3,9H2,1-2H3,(H,19,23)(H,18,20,21). The lowest BCUT2D eigenvalue weighted by Crippen LogP contribution is -2.24. The topological polar surface area (TPSA) is 71.8 Å². The number of fused-ring (bicyclic) bond motifs is 1. The van der Waals surface area contributed by atoms with Crippen molar-refractivity contribution < 1.29 is 4.79 Å². The van der Waals surface area contributed by atoms with Gasteiger partial charge in [0.15, 0.2) is 0 Å². The van der Waals surface area contributed by atoms with Gasteiger partial charge in [-0.2, -0.15) is 0 Å². The molecule has 6 heteroatoms. The lowest BCUT2D eigenvalue weighted by atomic mass is 10.2. The summed E-state index contributed by atoms with van der Waals surface area (Å²) in [6.07, 6.45) is 2.52. The molecule has 0 atom stereocenters. The van der Waals surface area contributed by atoms with Gasteiger partial charge in [-0.1, -0.05) is 19.1 Å². The van der Waals surface area contributed by atoms with E-state index in [1.54, 1.807) is 18.3 Å². The second-order valence-corrected chi connectivity index (χ2v) is 5.29. The highest BCUT2D eigenvalue weighted by Gasteiger charge is 2.10. The lowest BCUT2D eigenvalue weighted by molar-refractivity contribution is 0.0953. The molecule has 0 bridgehead atoms. The zero-order valence-corrected chi connectivity index (χ0v) is 13.2. The predicted molar refractivity (Wildman–Crippen MR) is 90.9 cm³/mol. The maximum atomic E-state index is 12.0. The third kappa shape index (κ3) is 3.15. The van der Waals surface area contributed by atoms with Crippen LogP contribution in [0.2, 0.25) is 0 Å². The molecular formula is C17H19N5O. The van der Waals surface area contributed by atoms with E-state index in [1.807, 2.05) is 42.8 Å². The van der Waals surface area contributed by atoms with Crippen LogP contribution in [0.1, 0.15) is 23.7 Å². The molecule has 3 aromatic rings. The van der Waals surface area contributed by atoms with E-state index in [1.165, 1.54) is 0 Å². The van der Waals surface area contributed by atoms with Crippen molar-refractivity contribution in [2.75, 3.05) is 11.9 Å². The third-order valence-electron chi connectivity index (χ3n) is 3.58. The number of nitrogens with one attached hydrogen (secondary N) is 2. The van der Waals surface area contributed by atoms with E-state index < -0.39 is 0 Å². The zero-order valence-electron chi connectivity index (χ0n) is 13.2. The fourth-order valence-corrected chi connectivity index (χ4v) is 2.35. The van der Waals surface area contributed by atoms with Gasteiger partial charge in [-0.3, -0.25) is 4.79 Å². The van der Waals surface area contributed by atoms with Crippen LogP contribution in [0.5, 0.6) is 0 Å². The van der Waals surface area contributed by atoms with Crippen molar-refractivity contribution in [3.8, 4) is 0 Å². The van der Waals surface area contributed by atoms with Gasteiger partial charge in [-0.05, 0) is 30.7 Å². The number of para-hydroxylation sites is 2. The molecule has 0 fully saturated rings. The van der Waals surface area contributed by atoms with Gasteiger partial charge >= 0.3 is 0 Å². The number of benzene rings is 1. The van der Waals surface area contributed by atoms with Crippen molar-refractivity contribution in [2.45, 2.75) is 13.3 Å². The highest BCUT2D eigenvalue weighted by molar-refractivity contribution is 5.94. The molecule has 23 heavy (non-hydrogen) atoms. The third-order valence-corrected chi connectivity index (χ3v) is 3.58. The van der Waals surface area contributed by atoms with Crippen molar-refractivity contribution in [1.29, 1.82) is 0 Å². The zero-order chi connectivity index (χ0) is 16.2. The molecule has 2 aromatic heterocycles. The van der Waals surface area contributed by atoms with Crippen LogP contribution in [0.4, 0.5) is 11.8 Å². The Balaban J connectivity index is 1.84. The Morgan fingerprint density at radius 3 is 2.87 bits per heavy atom. The first-order valence-corrected chi connectivity index (χ1v) is 7.61. The maximum absolute atomic E-state index is 12.0. The number of pyridine rings is 1. The molecule has 118 valence electrons. The number of carbonyl (C=O) groups is 1. The molecule has 0 aliphatic heterocycles. The molecular weight excluding hydrogens is 290 g/mol. The number of amides is 1. The number of aromatic nitrogens is 3. The van der Waals surface area contributed by atoms with Crippen LogP contribution in [0.25, 0.3) is 11.0 Å². The summed E-state index contributed by atoms with van der Waals surface area (Å²) in [5, 5.41) is 6.03. The fraction of sp³-hybridized carbons (Fsp3) is 0.235. The van der Waals surface area contributed by atoms with Crippen LogP contribution in [-0.4, -0.2) is 27.0 Å². The summed E-state index contributed by atoms with van der Waals surface area (Å²) < 4.78 is 1.96. The van der Waals surface area contributed by atoms with E-state index in [-0.39, 0.29) is 5.91 Å². The number of nitrogens with zero attached hydrogens (tertiary/aromatic N) is 3. The largest absolute Gasteiger partial charge is 0.352 e. The minimum Gasteiger partial charge on any atom is -0.352 e. The number of aryl methyl sites for hydroxylation is 1. The molecule has 0 unspecified atom stereocenters. The van der Waals surface area contributed by atoms with Crippen LogP contribution in [0.15, 0.2) is 42.6 Å². The Kier molecular flexibility index (Phi) is 4.23. The highest BCUT2D eigenvalue weighted by Crippen LogP contribution is 2.20. The number of anilines is 2. The van der Waals surface area contributed by atoms with Gasteiger partial charge in [0.1, 0.15) is 5.82 Å². The van der Waals surface area contributed by atoms with Crippen LogP contribution in [0.3, 0.4) is 0 Å². The number of carbonyl (C=O) groups excluding carboxylic acids is 1. The molecule has 0 aliphatic rings. The molecule has 2 N–H and O–H groups in total. The second-order valence-electron chi connectivity index (χ2n) is 5.29. The van der Waals surface area contributed by atoms with Gasteiger partial charge in [0.25, 0.3) is 5.91 Å². The number of hydrogen-bond acceptors (Lipinski definition) is 4. The van der Waals surface area contributed by atoms with Gasteiger partial charge < -0.3 is 15.2 Å². The minimum absolute atomic E-state index is 0.0951. The average Bonchev–Trinajstić information content (AvgIpc) is 2.89. The van der Waals surface area contributed by atoms with E-state index in [2.05, 4.69) is 20.6 Å². The molecule has 6 nitrogen and oxygen atoms in total. The first kappa shape index (κ1) is 15.0. The molecule has 0 saturated heterocycles. The number of rotatable bonds is 5. The summed E-state index contributed by atoms with van der Waals surface area (Å²) in [4.78, 5) is 20.8. The van der Waals surface area contributed by atoms with E-state index >= 15 is 0 Å². The molecule has 0 spiro atoms. The number of imidazole rings is 1. The van der Waals surface area contributed by atoms with Crippen molar-refractivity contribution in [1.82, 2.24) is 19.9 Å². The van der Waals surface area contributed by atoms with Gasteiger partial charge in [0.2, 0.25) is 5.95 Å². The second kappa shape index (κ2) is 6.48. The summed E-state index contributed by atoms with van der Waals surface area (Å²) in [7, 11) is 1.94. The summed E-state index contributed by atoms with van der Waals surface area (Å²) >= 11 is 0. The van der Waals surface area contributed by atoms with Gasteiger partial charge in [-0.15, -0.1) is 0 Å². The molecule has 1 aromatic carbocycles. The van der Waals surface area contributed by atoms with E-state index in [0.717, 1.165) is 17.5 Å². The Hall–Kier alpha value is -2.89. The molecule has 0 radical (unpaired) electrons. The SMILES string of the molecule is CCCNC(=O)c1ccnc(Nc2nc3ccccc3n2C)c1. The smallest absolute Gasteiger partial charge is 0.251 e. The molecule has 0 aliphatic carbocycles. The van der Waals surface area contributed by atoms with E-state index in [0.29, 0.717) is 23.9 Å². The van der Waals surface area contributed by atoms with Gasteiger partial charge in [-0.25, -0.2) is 9.97 Å². The van der Waals surface area contributed by atoms with Crippen LogP contribution in [-0.2, 0) is 7.05 Å². The van der Waals surface area contributed by atoms with Crippen LogP contribution >= 0.6 is 0 Å². The Morgan fingerprint density at radius 1 is 1.26 bits per heavy atom. The number of hydrogen-bond donors (Lipinski definition) is 2. The quantitative estimate of drug-likeness (QED) is 0.760. The predicted octanol–water partition coefficient (Wildman–Crippen LogP) is 2.85. The van der Waals surface area contributed by atoms with E-state index in [9.17, 15) is 4.79 Å².